The van der Waals surface area contributed by atoms with Gasteiger partial charge < -0.3 is 4.74 Å². The number of hydrogen-bond acceptors (Lipinski definition) is 7. The topological polar surface area (TPSA) is 94.1 Å². The highest BCUT2D eigenvalue weighted by atomic mass is 32.1. The van der Waals surface area contributed by atoms with Crippen LogP contribution < -0.4 is 5.32 Å². The number of aromatic nitrogens is 3. The third kappa shape index (κ3) is 3.38. The summed E-state index contributed by atoms with van der Waals surface area (Å²) in [6.45, 7) is 1.77. The first-order chi connectivity index (χ1) is 11.7. The van der Waals surface area contributed by atoms with E-state index in [2.05, 4.69) is 20.3 Å². The first-order valence-electron chi connectivity index (χ1n) is 7.30. The molecule has 0 aliphatic heterocycles. The van der Waals surface area contributed by atoms with Crippen molar-refractivity contribution in [2.24, 2.45) is 0 Å². The van der Waals surface area contributed by atoms with E-state index in [0.717, 1.165) is 0 Å². The van der Waals surface area contributed by atoms with Gasteiger partial charge >= 0.3 is 5.97 Å². The highest BCUT2D eigenvalue weighted by Gasteiger charge is 2.24. The predicted molar refractivity (Wildman–Crippen MR) is 89.8 cm³/mol. The van der Waals surface area contributed by atoms with Crippen molar-refractivity contribution < 1.29 is 14.3 Å². The molecule has 2 heterocycles. The summed E-state index contributed by atoms with van der Waals surface area (Å²) in [5, 5.41) is 4.84. The number of anilines is 1. The number of thiazole rings is 1. The largest absolute Gasteiger partial charge is 0.449 e. The fraction of sp³-hybridized carbons (Fsp3) is 0.188. The van der Waals surface area contributed by atoms with Gasteiger partial charge in [0.2, 0.25) is 0 Å². The van der Waals surface area contributed by atoms with Crippen molar-refractivity contribution in [2.75, 3.05) is 5.32 Å². The van der Waals surface area contributed by atoms with Gasteiger partial charge in [-0.3, -0.25) is 20.1 Å². The van der Waals surface area contributed by atoms with Crippen LogP contribution in [0.5, 0.6) is 0 Å². The lowest BCUT2D eigenvalue weighted by Gasteiger charge is -2.15. The molecule has 0 aliphatic rings. The molecule has 8 heteroatoms. The summed E-state index contributed by atoms with van der Waals surface area (Å²) in [6, 6.07) is 5.06. The van der Waals surface area contributed by atoms with Crippen molar-refractivity contribution >= 4 is 39.4 Å². The number of ether oxygens (including phenoxy) is 1. The number of carbonyl (C=O) groups excluding carboxylic acids is 2. The second-order valence-electron chi connectivity index (χ2n) is 4.86. The molecule has 0 saturated carbocycles. The third-order valence-corrected chi connectivity index (χ3v) is 3.98. The molecule has 1 aromatic carbocycles. The third-order valence-electron chi connectivity index (χ3n) is 3.29. The molecule has 1 amide bonds. The summed E-state index contributed by atoms with van der Waals surface area (Å²) >= 11 is 1.29. The van der Waals surface area contributed by atoms with Gasteiger partial charge in [0, 0.05) is 24.0 Å². The zero-order valence-electron chi connectivity index (χ0n) is 12.8. The molecule has 0 bridgehead atoms. The lowest BCUT2D eigenvalue weighted by Crippen LogP contribution is -2.32. The molecule has 1 unspecified atom stereocenters. The number of benzene rings is 1. The Bertz CT molecular complexity index is 861. The first kappa shape index (κ1) is 16.0. The van der Waals surface area contributed by atoms with Crippen LogP contribution in [0.15, 0.2) is 42.2 Å². The molecule has 122 valence electrons. The van der Waals surface area contributed by atoms with Gasteiger partial charge in [0.25, 0.3) is 5.91 Å². The van der Waals surface area contributed by atoms with Gasteiger partial charge in [0.05, 0.1) is 11.1 Å². The lowest BCUT2D eigenvalue weighted by molar-refractivity contribution is -0.124. The monoisotopic (exact) mass is 342 g/mol. The van der Waals surface area contributed by atoms with Crippen LogP contribution in [0.3, 0.4) is 0 Å². The Hall–Kier alpha value is -2.87. The Kier molecular flexibility index (Phi) is 4.76. The first-order valence-corrected chi connectivity index (χ1v) is 8.18. The fourth-order valence-corrected chi connectivity index (χ4v) is 2.68. The van der Waals surface area contributed by atoms with Gasteiger partial charge in [-0.15, -0.1) is 11.3 Å². The minimum atomic E-state index is -0.909. The molecule has 0 radical (unpaired) electrons. The molecule has 1 N–H and O–H groups in total. The molecule has 3 aromatic rings. The van der Waals surface area contributed by atoms with E-state index in [1.54, 1.807) is 42.9 Å². The van der Waals surface area contributed by atoms with E-state index in [1.165, 1.54) is 17.5 Å². The van der Waals surface area contributed by atoms with Gasteiger partial charge in [-0.05, 0) is 18.6 Å². The Labute approximate surface area is 141 Å². The van der Waals surface area contributed by atoms with Crippen LogP contribution in [-0.4, -0.2) is 32.9 Å². The SMILES string of the molecule is CCC(OC(=O)c1cccc2nccnc12)C(=O)Nc1nccs1. The van der Waals surface area contributed by atoms with E-state index < -0.39 is 18.0 Å². The summed E-state index contributed by atoms with van der Waals surface area (Å²) in [4.78, 5) is 37.0. The second kappa shape index (κ2) is 7.14. The van der Waals surface area contributed by atoms with Crippen LogP contribution >= 0.6 is 11.3 Å². The molecule has 2 aromatic heterocycles. The van der Waals surface area contributed by atoms with Crippen LogP contribution in [0.1, 0.15) is 23.7 Å². The maximum Gasteiger partial charge on any atom is 0.341 e. The number of rotatable bonds is 5. The van der Waals surface area contributed by atoms with Crippen LogP contribution in [-0.2, 0) is 9.53 Å². The quantitative estimate of drug-likeness (QED) is 0.716. The van der Waals surface area contributed by atoms with Crippen LogP contribution in [0, 0.1) is 0 Å². The van der Waals surface area contributed by atoms with Crippen LogP contribution in [0.25, 0.3) is 11.0 Å². The van der Waals surface area contributed by atoms with E-state index in [1.807, 2.05) is 0 Å². The summed E-state index contributed by atoms with van der Waals surface area (Å²) in [6.07, 6.45) is 4.08. The Balaban J connectivity index is 1.77. The molecule has 7 nitrogen and oxygen atoms in total. The number of amides is 1. The number of hydrogen-bond donors (Lipinski definition) is 1. The normalized spacial score (nSPS) is 11.9. The maximum atomic E-state index is 12.5. The second-order valence-corrected chi connectivity index (χ2v) is 5.75. The van der Waals surface area contributed by atoms with Gasteiger partial charge in [-0.2, -0.15) is 0 Å². The molecule has 24 heavy (non-hydrogen) atoms. The lowest BCUT2D eigenvalue weighted by atomic mass is 10.1. The average molecular weight is 342 g/mol. The van der Waals surface area contributed by atoms with E-state index in [4.69, 9.17) is 4.74 Å². The fourth-order valence-electron chi connectivity index (χ4n) is 2.14. The van der Waals surface area contributed by atoms with E-state index in [-0.39, 0.29) is 5.56 Å². The van der Waals surface area contributed by atoms with Crippen molar-refractivity contribution in [3.05, 3.63) is 47.7 Å². The molecular weight excluding hydrogens is 328 g/mol. The van der Waals surface area contributed by atoms with Gasteiger partial charge in [-0.25, -0.2) is 9.78 Å². The molecule has 3 rings (SSSR count). The van der Waals surface area contributed by atoms with Crippen molar-refractivity contribution in [3.8, 4) is 0 Å². The smallest absolute Gasteiger partial charge is 0.341 e. The Morgan fingerprint density at radius 3 is 2.79 bits per heavy atom. The van der Waals surface area contributed by atoms with Gasteiger partial charge in [0.15, 0.2) is 11.2 Å². The molecule has 0 fully saturated rings. The molecule has 1 atom stereocenters. The number of nitrogens with zero attached hydrogens (tertiary/aromatic N) is 3. The summed E-state index contributed by atoms with van der Waals surface area (Å²) < 4.78 is 5.36. The van der Waals surface area contributed by atoms with E-state index >= 15 is 0 Å². The predicted octanol–water partition coefficient (Wildman–Crippen LogP) is 2.66. The standard InChI is InChI=1S/C16H14N4O3S/c1-2-12(14(21)20-16-19-8-9-24-16)23-15(22)10-4-3-5-11-13(10)18-7-6-17-11/h3-9,12H,2H2,1H3,(H,19,20,21). The summed E-state index contributed by atoms with van der Waals surface area (Å²) in [5.41, 5.74) is 1.31. The maximum absolute atomic E-state index is 12.5. The van der Waals surface area contributed by atoms with Crippen LogP contribution in [0.2, 0.25) is 0 Å². The highest BCUT2D eigenvalue weighted by molar-refractivity contribution is 7.13. The molecule has 0 saturated heterocycles. The van der Waals surface area contributed by atoms with Crippen molar-refractivity contribution in [2.45, 2.75) is 19.4 Å². The number of nitrogens with one attached hydrogen (secondary N) is 1. The highest BCUT2D eigenvalue weighted by Crippen LogP contribution is 2.17. The minimum absolute atomic E-state index is 0.279. The van der Waals surface area contributed by atoms with Crippen molar-refractivity contribution in [1.82, 2.24) is 15.0 Å². The van der Waals surface area contributed by atoms with E-state index in [0.29, 0.717) is 22.6 Å². The average Bonchev–Trinajstić information content (AvgIpc) is 3.11. The summed E-state index contributed by atoms with van der Waals surface area (Å²) in [5.74, 6) is -1.02. The number of fused-ring (bicyclic) bond motifs is 1. The zero-order valence-corrected chi connectivity index (χ0v) is 13.6. The molecule has 0 aliphatic carbocycles. The Morgan fingerprint density at radius 2 is 2.04 bits per heavy atom. The molecule has 0 spiro atoms. The van der Waals surface area contributed by atoms with Gasteiger partial charge in [0.1, 0.15) is 5.52 Å². The Morgan fingerprint density at radius 1 is 1.21 bits per heavy atom. The summed E-state index contributed by atoms with van der Waals surface area (Å²) in [7, 11) is 0. The zero-order chi connectivity index (χ0) is 16.9. The number of esters is 1. The van der Waals surface area contributed by atoms with Crippen molar-refractivity contribution in [3.63, 3.8) is 0 Å². The minimum Gasteiger partial charge on any atom is -0.449 e. The number of carbonyl (C=O) groups is 2. The number of para-hydroxylation sites is 1. The van der Waals surface area contributed by atoms with Crippen LogP contribution in [0.4, 0.5) is 5.13 Å². The van der Waals surface area contributed by atoms with Gasteiger partial charge in [-0.1, -0.05) is 13.0 Å². The molecular formula is C16H14N4O3S. The van der Waals surface area contributed by atoms with E-state index in [9.17, 15) is 9.59 Å². The van der Waals surface area contributed by atoms with Crippen molar-refractivity contribution in [1.29, 1.82) is 0 Å².